The average molecular weight is 336 g/mol. The molecular weight excluding hydrogens is 300 g/mol. The van der Waals surface area contributed by atoms with Crippen molar-refractivity contribution in [3.63, 3.8) is 0 Å². The number of nitrogens with zero attached hydrogens (tertiary/aromatic N) is 1. The molecule has 0 heterocycles. The monoisotopic (exact) mass is 335 g/mol. The summed E-state index contributed by atoms with van der Waals surface area (Å²) in [5.74, 6) is -0.910. The molecule has 1 unspecified atom stereocenters. The number of carbonyl (C=O) groups is 1. The molecule has 4 heteroatoms. The SMILES string of the molecule is CC/C=C\CC.C[N+](C)(CCCCC(N)C(=O)O)c1ccccc1. The van der Waals surface area contributed by atoms with Crippen LogP contribution in [-0.2, 0) is 4.79 Å². The first-order valence-corrected chi connectivity index (χ1v) is 8.87. The minimum absolute atomic E-state index is 0.546. The zero-order chi connectivity index (χ0) is 18.4. The average Bonchev–Trinajstić information content (AvgIpc) is 2.58. The van der Waals surface area contributed by atoms with Crippen LogP contribution in [0.1, 0.15) is 46.0 Å². The molecule has 1 atom stereocenters. The van der Waals surface area contributed by atoms with Crippen LogP contribution in [0, 0.1) is 0 Å². The molecule has 0 saturated heterocycles. The van der Waals surface area contributed by atoms with Crippen molar-refractivity contribution in [2.75, 3.05) is 20.6 Å². The van der Waals surface area contributed by atoms with Gasteiger partial charge in [-0.05, 0) is 44.2 Å². The molecular formula is C20H35N2O2+. The lowest BCUT2D eigenvalue weighted by Crippen LogP contribution is -2.41. The van der Waals surface area contributed by atoms with E-state index in [0.717, 1.165) is 23.9 Å². The van der Waals surface area contributed by atoms with Crippen LogP contribution in [0.4, 0.5) is 5.69 Å². The summed E-state index contributed by atoms with van der Waals surface area (Å²) in [5, 5.41) is 8.69. The van der Waals surface area contributed by atoms with Gasteiger partial charge in [0.25, 0.3) is 0 Å². The number of allylic oxidation sites excluding steroid dienone is 2. The van der Waals surface area contributed by atoms with E-state index in [2.05, 4.69) is 52.2 Å². The van der Waals surface area contributed by atoms with E-state index < -0.39 is 12.0 Å². The molecule has 0 amide bonds. The summed E-state index contributed by atoms with van der Waals surface area (Å²) in [6, 6.07) is 9.59. The molecule has 136 valence electrons. The van der Waals surface area contributed by atoms with Crippen molar-refractivity contribution >= 4 is 11.7 Å². The number of unbranched alkanes of at least 4 members (excludes halogenated alkanes) is 1. The maximum absolute atomic E-state index is 10.6. The first-order valence-electron chi connectivity index (χ1n) is 8.87. The largest absolute Gasteiger partial charge is 0.480 e. The molecule has 1 rings (SSSR count). The predicted molar refractivity (Wildman–Crippen MR) is 104 cm³/mol. The fourth-order valence-electron chi connectivity index (χ4n) is 2.29. The fourth-order valence-corrected chi connectivity index (χ4v) is 2.29. The van der Waals surface area contributed by atoms with E-state index in [0.29, 0.717) is 6.42 Å². The Morgan fingerprint density at radius 1 is 1.12 bits per heavy atom. The Labute approximate surface area is 147 Å². The van der Waals surface area contributed by atoms with Gasteiger partial charge in [-0.15, -0.1) is 0 Å². The van der Waals surface area contributed by atoms with E-state index in [1.54, 1.807) is 0 Å². The number of benzene rings is 1. The van der Waals surface area contributed by atoms with Crippen LogP contribution < -0.4 is 10.2 Å². The molecule has 0 aromatic heterocycles. The standard InChI is InChI=1S/C14H22N2O2.C6H12/c1-16(2,12-8-4-3-5-9-12)11-7-6-10-13(15)14(17)18;1-3-5-6-4-2/h3-5,8-9,13H,6-7,10-11,15H2,1-2H3;5-6H,3-4H2,1-2H3/p+1/b;6-5-. The van der Waals surface area contributed by atoms with Crippen LogP contribution in [-0.4, -0.2) is 37.8 Å². The Morgan fingerprint density at radius 2 is 1.67 bits per heavy atom. The number of carboxylic acids is 1. The van der Waals surface area contributed by atoms with Crippen molar-refractivity contribution in [3.8, 4) is 0 Å². The topological polar surface area (TPSA) is 63.3 Å². The van der Waals surface area contributed by atoms with Crippen molar-refractivity contribution in [2.24, 2.45) is 5.73 Å². The number of para-hydroxylation sites is 1. The summed E-state index contributed by atoms with van der Waals surface area (Å²) in [5.41, 5.74) is 6.74. The van der Waals surface area contributed by atoms with Crippen molar-refractivity contribution in [3.05, 3.63) is 42.5 Å². The van der Waals surface area contributed by atoms with Gasteiger partial charge in [-0.3, -0.25) is 9.28 Å². The maximum Gasteiger partial charge on any atom is 0.320 e. The summed E-state index contributed by atoms with van der Waals surface area (Å²) in [6.07, 6.45) is 9.08. The first kappa shape index (κ1) is 22.4. The van der Waals surface area contributed by atoms with Gasteiger partial charge >= 0.3 is 5.97 Å². The van der Waals surface area contributed by atoms with Crippen molar-refractivity contribution in [1.82, 2.24) is 4.48 Å². The van der Waals surface area contributed by atoms with Crippen molar-refractivity contribution < 1.29 is 9.90 Å². The molecule has 0 radical (unpaired) electrons. The number of quaternary nitrogens is 1. The van der Waals surface area contributed by atoms with Gasteiger partial charge in [0.05, 0.1) is 20.6 Å². The van der Waals surface area contributed by atoms with Gasteiger partial charge in [-0.25, -0.2) is 0 Å². The van der Waals surface area contributed by atoms with Crippen LogP contribution >= 0.6 is 0 Å². The molecule has 0 aliphatic rings. The normalized spacial score (nSPS) is 12.5. The summed E-state index contributed by atoms with van der Waals surface area (Å²) in [7, 11) is 4.32. The first-order chi connectivity index (χ1) is 11.3. The van der Waals surface area contributed by atoms with Gasteiger partial charge in [0.2, 0.25) is 0 Å². The highest BCUT2D eigenvalue weighted by atomic mass is 16.4. The summed E-state index contributed by atoms with van der Waals surface area (Å²) < 4.78 is 0.809. The van der Waals surface area contributed by atoms with Crippen molar-refractivity contribution in [1.29, 1.82) is 0 Å². The van der Waals surface area contributed by atoms with Crippen LogP contribution in [0.5, 0.6) is 0 Å². The lowest BCUT2D eigenvalue weighted by molar-refractivity contribution is -0.138. The molecule has 4 nitrogen and oxygen atoms in total. The van der Waals surface area contributed by atoms with E-state index in [-0.39, 0.29) is 0 Å². The third kappa shape index (κ3) is 10.2. The van der Waals surface area contributed by atoms with Crippen molar-refractivity contribution in [2.45, 2.75) is 52.0 Å². The maximum atomic E-state index is 10.6. The van der Waals surface area contributed by atoms with E-state index in [1.165, 1.54) is 18.5 Å². The van der Waals surface area contributed by atoms with Crippen LogP contribution in [0.3, 0.4) is 0 Å². The number of carboxylic acid groups (broad SMARTS) is 1. The number of rotatable bonds is 9. The molecule has 0 saturated carbocycles. The highest BCUT2D eigenvalue weighted by Crippen LogP contribution is 2.19. The van der Waals surface area contributed by atoms with E-state index >= 15 is 0 Å². The molecule has 1 aromatic carbocycles. The Balaban J connectivity index is 0.000000754. The smallest absolute Gasteiger partial charge is 0.320 e. The Hall–Kier alpha value is -1.65. The third-order valence-corrected chi connectivity index (χ3v) is 3.89. The molecule has 0 fully saturated rings. The summed E-state index contributed by atoms with van der Waals surface area (Å²) >= 11 is 0. The molecule has 0 aliphatic carbocycles. The van der Waals surface area contributed by atoms with E-state index in [4.69, 9.17) is 10.8 Å². The van der Waals surface area contributed by atoms with Crippen LogP contribution in [0.2, 0.25) is 0 Å². The lowest BCUT2D eigenvalue weighted by Gasteiger charge is -2.29. The molecule has 3 N–H and O–H groups in total. The molecule has 1 aromatic rings. The predicted octanol–water partition coefficient (Wildman–Crippen LogP) is 4.20. The number of aliphatic carboxylic acids is 1. The number of hydrogen-bond acceptors (Lipinski definition) is 2. The summed E-state index contributed by atoms with van der Waals surface area (Å²) in [6.45, 7) is 5.27. The zero-order valence-corrected chi connectivity index (χ0v) is 15.7. The second-order valence-electron chi connectivity index (χ2n) is 6.47. The van der Waals surface area contributed by atoms with Crippen LogP contribution in [0.15, 0.2) is 42.5 Å². The molecule has 0 aliphatic heterocycles. The van der Waals surface area contributed by atoms with E-state index in [9.17, 15) is 4.79 Å². The second kappa shape index (κ2) is 12.7. The quantitative estimate of drug-likeness (QED) is 0.404. The van der Waals surface area contributed by atoms with Crippen LogP contribution in [0.25, 0.3) is 0 Å². The van der Waals surface area contributed by atoms with Gasteiger partial charge in [-0.1, -0.05) is 44.2 Å². The minimum atomic E-state index is -0.910. The third-order valence-electron chi connectivity index (χ3n) is 3.89. The fraction of sp³-hybridized carbons (Fsp3) is 0.550. The molecule has 0 bridgehead atoms. The Bertz CT molecular complexity index is 464. The van der Waals surface area contributed by atoms with E-state index in [1.807, 2.05) is 18.2 Å². The zero-order valence-electron chi connectivity index (χ0n) is 15.7. The van der Waals surface area contributed by atoms with Gasteiger partial charge in [-0.2, -0.15) is 0 Å². The number of nitrogens with two attached hydrogens (primary N) is 1. The summed E-state index contributed by atoms with van der Waals surface area (Å²) in [4.78, 5) is 10.6. The lowest BCUT2D eigenvalue weighted by atomic mass is 10.1. The second-order valence-corrected chi connectivity index (χ2v) is 6.47. The van der Waals surface area contributed by atoms with Gasteiger partial charge < -0.3 is 10.8 Å². The van der Waals surface area contributed by atoms with Gasteiger partial charge in [0.15, 0.2) is 0 Å². The highest BCUT2D eigenvalue weighted by molar-refractivity contribution is 5.72. The molecule has 0 spiro atoms. The Morgan fingerprint density at radius 3 is 2.12 bits per heavy atom. The van der Waals surface area contributed by atoms with Gasteiger partial charge in [0.1, 0.15) is 11.7 Å². The number of hydrogen-bond donors (Lipinski definition) is 2. The molecule has 24 heavy (non-hydrogen) atoms. The Kier molecular flexibility index (Phi) is 11.9. The van der Waals surface area contributed by atoms with Gasteiger partial charge in [0, 0.05) is 0 Å². The highest BCUT2D eigenvalue weighted by Gasteiger charge is 2.18. The minimum Gasteiger partial charge on any atom is -0.480 e.